The van der Waals surface area contributed by atoms with Gasteiger partial charge in [-0.25, -0.2) is 14.2 Å². The van der Waals surface area contributed by atoms with Crippen molar-refractivity contribution in [1.29, 1.82) is 0 Å². The quantitative estimate of drug-likeness (QED) is 0.875. The first-order valence-corrected chi connectivity index (χ1v) is 7.54. The van der Waals surface area contributed by atoms with Crippen LogP contribution in [0.15, 0.2) is 18.2 Å². The molecule has 1 atom stereocenters. The van der Waals surface area contributed by atoms with E-state index in [0.29, 0.717) is 10.6 Å². The normalized spacial score (nSPS) is 11.8. The Kier molecular flexibility index (Phi) is 4.95. The molecule has 0 fully saturated rings. The first-order chi connectivity index (χ1) is 10.8. The van der Waals surface area contributed by atoms with Gasteiger partial charge in [-0.3, -0.25) is 4.79 Å². The van der Waals surface area contributed by atoms with E-state index in [4.69, 9.17) is 9.84 Å². The molecule has 0 aliphatic heterocycles. The molecule has 1 unspecified atom stereocenters. The third kappa shape index (κ3) is 4.04. The maximum absolute atomic E-state index is 13.9. The van der Waals surface area contributed by atoms with Gasteiger partial charge in [-0.1, -0.05) is 0 Å². The Morgan fingerprint density at radius 3 is 2.61 bits per heavy atom. The monoisotopic (exact) mass is 338 g/mol. The fraction of sp³-hybridized carbons (Fsp3) is 0.267. The fourth-order valence-corrected chi connectivity index (χ4v) is 2.66. The largest absolute Gasteiger partial charge is 0.479 e. The molecule has 0 aliphatic carbocycles. The van der Waals surface area contributed by atoms with Gasteiger partial charge in [0.25, 0.3) is 5.91 Å². The minimum absolute atomic E-state index is 0.192. The second kappa shape index (κ2) is 6.74. The van der Waals surface area contributed by atoms with Gasteiger partial charge in [0.15, 0.2) is 17.7 Å². The lowest BCUT2D eigenvalue weighted by Crippen LogP contribution is -2.23. The van der Waals surface area contributed by atoms with Crippen LogP contribution in [0.1, 0.15) is 27.3 Å². The maximum Gasteiger partial charge on any atom is 0.344 e. The second-order valence-corrected chi connectivity index (χ2v) is 6.05. The topological polar surface area (TPSA) is 88.5 Å². The zero-order chi connectivity index (χ0) is 17.1. The molecule has 1 amide bonds. The Labute approximate surface area is 135 Å². The van der Waals surface area contributed by atoms with Gasteiger partial charge >= 0.3 is 5.97 Å². The number of carbonyl (C=O) groups is 2. The zero-order valence-electron chi connectivity index (χ0n) is 12.7. The van der Waals surface area contributed by atoms with E-state index in [1.54, 1.807) is 13.8 Å². The Balaban J connectivity index is 2.13. The highest BCUT2D eigenvalue weighted by Gasteiger charge is 2.17. The van der Waals surface area contributed by atoms with Crippen LogP contribution in [-0.2, 0) is 4.79 Å². The molecule has 0 radical (unpaired) electrons. The SMILES string of the molecule is Cc1nc(C)c(C(=O)Nc2ccc(OC(C)C(=O)O)c(F)c2)s1. The molecule has 0 bridgehead atoms. The van der Waals surface area contributed by atoms with Crippen LogP contribution in [-0.4, -0.2) is 28.1 Å². The van der Waals surface area contributed by atoms with E-state index < -0.39 is 17.9 Å². The number of carboxylic acids is 1. The fourth-order valence-electron chi connectivity index (χ4n) is 1.84. The van der Waals surface area contributed by atoms with Crippen LogP contribution in [0.25, 0.3) is 0 Å². The predicted molar refractivity (Wildman–Crippen MR) is 83.7 cm³/mol. The number of benzene rings is 1. The highest BCUT2D eigenvalue weighted by Crippen LogP contribution is 2.24. The molecular formula is C15H15FN2O4S. The number of aryl methyl sites for hydroxylation is 2. The number of rotatable bonds is 5. The summed E-state index contributed by atoms with van der Waals surface area (Å²) in [5.41, 5.74) is 0.856. The summed E-state index contributed by atoms with van der Waals surface area (Å²) >= 11 is 1.25. The van der Waals surface area contributed by atoms with Gasteiger partial charge in [-0.15, -0.1) is 11.3 Å². The van der Waals surface area contributed by atoms with Gasteiger partial charge in [-0.05, 0) is 32.9 Å². The van der Waals surface area contributed by atoms with E-state index in [1.165, 1.54) is 30.4 Å². The number of nitrogens with one attached hydrogen (secondary N) is 1. The molecule has 1 aromatic carbocycles. The van der Waals surface area contributed by atoms with Crippen molar-refractivity contribution in [3.8, 4) is 5.75 Å². The van der Waals surface area contributed by atoms with Crippen LogP contribution in [0.5, 0.6) is 5.75 Å². The van der Waals surface area contributed by atoms with Gasteiger partial charge in [0.2, 0.25) is 0 Å². The Morgan fingerprint density at radius 1 is 1.39 bits per heavy atom. The first kappa shape index (κ1) is 16.9. The number of carbonyl (C=O) groups excluding carboxylic acids is 1. The summed E-state index contributed by atoms with van der Waals surface area (Å²) in [5.74, 6) is -2.52. The average molecular weight is 338 g/mol. The average Bonchev–Trinajstić information content (AvgIpc) is 2.80. The van der Waals surface area contributed by atoms with Crippen molar-refractivity contribution in [1.82, 2.24) is 4.98 Å². The van der Waals surface area contributed by atoms with Crippen LogP contribution < -0.4 is 10.1 Å². The summed E-state index contributed by atoms with van der Waals surface area (Å²) in [6.07, 6.45) is -1.17. The van der Waals surface area contributed by atoms with Gasteiger partial charge in [0, 0.05) is 11.8 Å². The number of amides is 1. The van der Waals surface area contributed by atoms with E-state index in [9.17, 15) is 14.0 Å². The molecule has 0 saturated heterocycles. The van der Waals surface area contributed by atoms with Crippen molar-refractivity contribution in [2.24, 2.45) is 0 Å². The molecule has 0 spiro atoms. The van der Waals surface area contributed by atoms with Crippen LogP contribution in [0.3, 0.4) is 0 Å². The zero-order valence-corrected chi connectivity index (χ0v) is 13.5. The van der Waals surface area contributed by atoms with Crippen molar-refractivity contribution < 1.29 is 23.8 Å². The Hall–Kier alpha value is -2.48. The number of anilines is 1. The van der Waals surface area contributed by atoms with Crippen LogP contribution in [0, 0.1) is 19.7 Å². The van der Waals surface area contributed by atoms with E-state index in [0.717, 1.165) is 11.1 Å². The summed E-state index contributed by atoms with van der Waals surface area (Å²) in [7, 11) is 0. The number of hydrogen-bond donors (Lipinski definition) is 2. The molecule has 1 heterocycles. The van der Waals surface area contributed by atoms with Gasteiger partial charge < -0.3 is 15.2 Å². The molecule has 0 saturated carbocycles. The van der Waals surface area contributed by atoms with Crippen LogP contribution in [0.2, 0.25) is 0 Å². The van der Waals surface area contributed by atoms with Crippen molar-refractivity contribution in [3.05, 3.63) is 39.6 Å². The van der Waals surface area contributed by atoms with Crippen LogP contribution >= 0.6 is 11.3 Å². The van der Waals surface area contributed by atoms with Crippen LogP contribution in [0.4, 0.5) is 10.1 Å². The summed E-state index contributed by atoms with van der Waals surface area (Å²) < 4.78 is 18.9. The number of carboxylic acid groups (broad SMARTS) is 1. The lowest BCUT2D eigenvalue weighted by Gasteiger charge is -2.12. The lowest BCUT2D eigenvalue weighted by molar-refractivity contribution is -0.144. The molecule has 2 aromatic rings. The summed E-state index contributed by atoms with van der Waals surface area (Å²) in [6.45, 7) is 4.82. The third-order valence-corrected chi connectivity index (χ3v) is 4.02. The maximum atomic E-state index is 13.9. The molecule has 2 rings (SSSR count). The number of thiazole rings is 1. The Morgan fingerprint density at radius 2 is 2.09 bits per heavy atom. The number of ether oxygens (including phenoxy) is 1. The van der Waals surface area contributed by atoms with Gasteiger partial charge in [-0.2, -0.15) is 0 Å². The Bertz CT molecular complexity index is 760. The van der Waals surface area contributed by atoms with Crippen molar-refractivity contribution in [2.45, 2.75) is 26.9 Å². The number of aliphatic carboxylic acids is 1. The summed E-state index contributed by atoms with van der Waals surface area (Å²) in [4.78, 5) is 27.5. The van der Waals surface area contributed by atoms with E-state index in [2.05, 4.69) is 10.3 Å². The lowest BCUT2D eigenvalue weighted by atomic mass is 10.2. The molecule has 2 N–H and O–H groups in total. The molecule has 6 nitrogen and oxygen atoms in total. The highest BCUT2D eigenvalue weighted by atomic mass is 32.1. The number of halogens is 1. The van der Waals surface area contributed by atoms with E-state index in [1.807, 2.05) is 0 Å². The minimum Gasteiger partial charge on any atom is -0.479 e. The number of aromatic nitrogens is 1. The second-order valence-electron chi connectivity index (χ2n) is 4.85. The molecule has 23 heavy (non-hydrogen) atoms. The number of nitrogens with zero attached hydrogens (tertiary/aromatic N) is 1. The van der Waals surface area contributed by atoms with Crippen molar-refractivity contribution in [3.63, 3.8) is 0 Å². The predicted octanol–water partition coefficient (Wildman–Crippen LogP) is 3.00. The van der Waals surface area contributed by atoms with E-state index in [-0.39, 0.29) is 17.3 Å². The highest BCUT2D eigenvalue weighted by molar-refractivity contribution is 7.13. The van der Waals surface area contributed by atoms with Crippen molar-refractivity contribution >= 4 is 28.9 Å². The third-order valence-electron chi connectivity index (χ3n) is 2.95. The van der Waals surface area contributed by atoms with E-state index >= 15 is 0 Å². The summed E-state index contributed by atoms with van der Waals surface area (Å²) in [5, 5.41) is 12.1. The van der Waals surface area contributed by atoms with Crippen molar-refractivity contribution in [2.75, 3.05) is 5.32 Å². The smallest absolute Gasteiger partial charge is 0.344 e. The molecular weight excluding hydrogens is 323 g/mol. The molecule has 0 aliphatic rings. The standard InChI is InChI=1S/C15H15FN2O4S/c1-7-13(23-9(3)17-7)14(19)18-10-4-5-12(11(16)6-10)22-8(2)15(20)21/h4-6,8H,1-3H3,(H,18,19)(H,20,21). The first-order valence-electron chi connectivity index (χ1n) is 6.72. The molecule has 1 aromatic heterocycles. The molecule has 8 heteroatoms. The number of hydrogen-bond acceptors (Lipinski definition) is 5. The van der Waals surface area contributed by atoms with Gasteiger partial charge in [0.1, 0.15) is 4.88 Å². The molecule has 122 valence electrons. The van der Waals surface area contributed by atoms with Gasteiger partial charge in [0.05, 0.1) is 10.7 Å². The summed E-state index contributed by atoms with van der Waals surface area (Å²) in [6, 6.07) is 3.79. The minimum atomic E-state index is -1.20.